The number of aryl methyl sites for hydroxylation is 1. The predicted octanol–water partition coefficient (Wildman–Crippen LogP) is 3.35. The number of ether oxygens (including phenoxy) is 1. The number of hydrogen-bond acceptors (Lipinski definition) is 4. The molecule has 6 heteroatoms. The maximum absolute atomic E-state index is 12.7. The van der Waals surface area contributed by atoms with E-state index >= 15 is 0 Å². The van der Waals surface area contributed by atoms with Gasteiger partial charge >= 0.3 is 0 Å². The minimum atomic E-state index is -0.0327. The summed E-state index contributed by atoms with van der Waals surface area (Å²) < 4.78 is 7.05. The average Bonchev–Trinajstić information content (AvgIpc) is 3.23. The molecule has 1 heterocycles. The van der Waals surface area contributed by atoms with Gasteiger partial charge in [-0.2, -0.15) is 5.10 Å². The average molecular weight is 364 g/mol. The summed E-state index contributed by atoms with van der Waals surface area (Å²) in [5, 5.41) is 4.12. The molecule has 3 aromatic rings. The van der Waals surface area contributed by atoms with E-state index in [9.17, 15) is 4.79 Å². The van der Waals surface area contributed by atoms with Crippen molar-refractivity contribution < 1.29 is 9.53 Å². The van der Waals surface area contributed by atoms with Crippen LogP contribution in [0.5, 0.6) is 5.75 Å². The Morgan fingerprint density at radius 2 is 1.96 bits per heavy atom. The molecule has 0 unspecified atom stereocenters. The van der Waals surface area contributed by atoms with Crippen LogP contribution in [-0.2, 0) is 11.2 Å². The van der Waals surface area contributed by atoms with E-state index in [2.05, 4.69) is 10.1 Å². The van der Waals surface area contributed by atoms with Crippen LogP contribution in [0.3, 0.4) is 0 Å². The van der Waals surface area contributed by atoms with Gasteiger partial charge < -0.3 is 9.64 Å². The summed E-state index contributed by atoms with van der Waals surface area (Å²) in [5.74, 6) is 0.869. The third-order valence-electron chi connectivity index (χ3n) is 4.86. The monoisotopic (exact) mass is 364 g/mol. The number of aromatic nitrogens is 3. The molecule has 6 nitrogen and oxygen atoms in total. The highest BCUT2D eigenvalue weighted by molar-refractivity contribution is 5.79. The van der Waals surface area contributed by atoms with E-state index in [1.165, 1.54) is 6.33 Å². The normalized spacial score (nSPS) is 11.9. The fraction of sp³-hybridized carbons (Fsp3) is 0.286. The van der Waals surface area contributed by atoms with Crippen molar-refractivity contribution in [1.82, 2.24) is 19.7 Å². The number of hydrogen-bond donors (Lipinski definition) is 0. The van der Waals surface area contributed by atoms with E-state index in [4.69, 9.17) is 4.74 Å². The van der Waals surface area contributed by atoms with Gasteiger partial charge in [0.05, 0.1) is 25.3 Å². The molecule has 140 valence electrons. The molecule has 0 bridgehead atoms. The minimum Gasteiger partial charge on any atom is -0.496 e. The van der Waals surface area contributed by atoms with Crippen LogP contribution in [0.15, 0.2) is 55.1 Å². The predicted molar refractivity (Wildman–Crippen MR) is 104 cm³/mol. The van der Waals surface area contributed by atoms with Crippen LogP contribution in [0.1, 0.15) is 29.7 Å². The molecule has 1 aromatic heterocycles. The highest BCUT2D eigenvalue weighted by atomic mass is 16.5. The van der Waals surface area contributed by atoms with Crippen LogP contribution in [-0.4, -0.2) is 39.7 Å². The molecule has 0 radical (unpaired) electrons. The van der Waals surface area contributed by atoms with Gasteiger partial charge in [-0.05, 0) is 48.7 Å². The number of carbonyl (C=O) groups is 1. The smallest absolute Gasteiger partial charge is 0.227 e. The molecule has 27 heavy (non-hydrogen) atoms. The van der Waals surface area contributed by atoms with Crippen LogP contribution in [0.2, 0.25) is 0 Å². The highest BCUT2D eigenvalue weighted by Gasteiger charge is 2.18. The molecule has 0 saturated heterocycles. The summed E-state index contributed by atoms with van der Waals surface area (Å²) >= 11 is 0. The lowest BCUT2D eigenvalue weighted by Gasteiger charge is -2.26. The summed E-state index contributed by atoms with van der Waals surface area (Å²) in [5.41, 5.74) is 4.01. The van der Waals surface area contributed by atoms with Gasteiger partial charge in [0, 0.05) is 7.05 Å². The number of rotatable bonds is 6. The third-order valence-corrected chi connectivity index (χ3v) is 4.86. The first-order valence-corrected chi connectivity index (χ1v) is 8.83. The fourth-order valence-corrected chi connectivity index (χ4v) is 2.96. The van der Waals surface area contributed by atoms with E-state index in [1.807, 2.05) is 63.4 Å². The zero-order chi connectivity index (χ0) is 19.4. The number of benzene rings is 2. The Morgan fingerprint density at radius 1 is 1.22 bits per heavy atom. The first-order valence-electron chi connectivity index (χ1n) is 8.83. The Morgan fingerprint density at radius 3 is 2.59 bits per heavy atom. The second kappa shape index (κ2) is 8.03. The van der Waals surface area contributed by atoms with Gasteiger partial charge in [-0.3, -0.25) is 4.79 Å². The van der Waals surface area contributed by atoms with Crippen molar-refractivity contribution >= 4 is 5.91 Å². The largest absolute Gasteiger partial charge is 0.496 e. The molecule has 2 aromatic carbocycles. The van der Waals surface area contributed by atoms with E-state index < -0.39 is 0 Å². The summed E-state index contributed by atoms with van der Waals surface area (Å²) in [4.78, 5) is 18.5. The van der Waals surface area contributed by atoms with Crippen LogP contribution in [0, 0.1) is 6.92 Å². The first kappa shape index (κ1) is 18.6. The van der Waals surface area contributed by atoms with Gasteiger partial charge in [-0.1, -0.05) is 24.3 Å². The number of nitrogens with zero attached hydrogens (tertiary/aromatic N) is 4. The maximum atomic E-state index is 12.7. The first-order chi connectivity index (χ1) is 13.0. The van der Waals surface area contributed by atoms with Crippen molar-refractivity contribution in [2.75, 3.05) is 14.2 Å². The Labute approximate surface area is 159 Å². The van der Waals surface area contributed by atoms with Crippen molar-refractivity contribution in [2.24, 2.45) is 0 Å². The summed E-state index contributed by atoms with van der Waals surface area (Å²) in [6.45, 7) is 4.01. The quantitative estimate of drug-likeness (QED) is 0.673. The summed E-state index contributed by atoms with van der Waals surface area (Å²) in [7, 11) is 3.48. The standard InChI is InChI=1S/C21H24N4O2/c1-15-5-6-17(11-20(15)27-4)12-21(26)24(3)16(2)18-7-9-19(10-8-18)25-14-22-13-23-25/h5-11,13-14,16H,12H2,1-4H3/t16-/m0/s1. The second-order valence-electron chi connectivity index (χ2n) is 6.59. The Kier molecular flexibility index (Phi) is 5.54. The molecule has 0 aliphatic rings. The van der Waals surface area contributed by atoms with Crippen molar-refractivity contribution in [2.45, 2.75) is 26.3 Å². The van der Waals surface area contributed by atoms with Crippen molar-refractivity contribution in [3.63, 3.8) is 0 Å². The van der Waals surface area contributed by atoms with E-state index in [0.29, 0.717) is 6.42 Å². The van der Waals surface area contributed by atoms with Crippen LogP contribution in [0.25, 0.3) is 5.69 Å². The van der Waals surface area contributed by atoms with Crippen LogP contribution < -0.4 is 4.74 Å². The molecule has 1 atom stereocenters. The van der Waals surface area contributed by atoms with E-state index in [-0.39, 0.29) is 11.9 Å². The molecular weight excluding hydrogens is 340 g/mol. The van der Waals surface area contributed by atoms with Gasteiger partial charge in [0.2, 0.25) is 5.91 Å². The lowest BCUT2D eigenvalue weighted by atomic mass is 10.0. The molecule has 0 spiro atoms. The Hall–Kier alpha value is -3.15. The second-order valence-corrected chi connectivity index (χ2v) is 6.59. The number of carbonyl (C=O) groups excluding carboxylic acids is 1. The van der Waals surface area contributed by atoms with Gasteiger partial charge in [-0.15, -0.1) is 0 Å². The van der Waals surface area contributed by atoms with E-state index in [0.717, 1.165) is 28.1 Å². The van der Waals surface area contributed by atoms with Crippen LogP contribution >= 0.6 is 0 Å². The fourth-order valence-electron chi connectivity index (χ4n) is 2.96. The lowest BCUT2D eigenvalue weighted by molar-refractivity contribution is -0.131. The number of methoxy groups -OCH3 is 1. The van der Waals surface area contributed by atoms with Gasteiger partial charge in [-0.25, -0.2) is 9.67 Å². The molecule has 1 amide bonds. The van der Waals surface area contributed by atoms with Crippen molar-refractivity contribution in [3.8, 4) is 11.4 Å². The third kappa shape index (κ3) is 4.16. The number of likely N-dealkylation sites (N-methyl/N-ethyl adjacent to an activating group) is 1. The zero-order valence-corrected chi connectivity index (χ0v) is 16.1. The SMILES string of the molecule is COc1cc(CC(=O)N(C)[C@@H](C)c2ccc(-n3cncn3)cc2)ccc1C. The topological polar surface area (TPSA) is 60.2 Å². The molecule has 0 aliphatic heterocycles. The highest BCUT2D eigenvalue weighted by Crippen LogP contribution is 2.23. The molecule has 0 aliphatic carbocycles. The minimum absolute atomic E-state index is 0.0327. The van der Waals surface area contributed by atoms with E-state index in [1.54, 1.807) is 23.0 Å². The molecule has 0 saturated carbocycles. The van der Waals surface area contributed by atoms with Gasteiger partial charge in [0.1, 0.15) is 18.4 Å². The Bertz CT molecular complexity index is 904. The van der Waals surface area contributed by atoms with Gasteiger partial charge in [0.15, 0.2) is 0 Å². The summed E-state index contributed by atoms with van der Waals surface area (Å²) in [6.07, 6.45) is 3.50. The number of amides is 1. The Balaban J connectivity index is 1.69. The van der Waals surface area contributed by atoms with Crippen molar-refractivity contribution in [1.29, 1.82) is 0 Å². The van der Waals surface area contributed by atoms with Gasteiger partial charge in [0.25, 0.3) is 0 Å². The zero-order valence-electron chi connectivity index (χ0n) is 16.1. The molecule has 0 N–H and O–H groups in total. The molecule has 3 rings (SSSR count). The molecular formula is C21H24N4O2. The van der Waals surface area contributed by atoms with Crippen LogP contribution in [0.4, 0.5) is 0 Å². The van der Waals surface area contributed by atoms with Crippen molar-refractivity contribution in [3.05, 3.63) is 71.8 Å². The maximum Gasteiger partial charge on any atom is 0.227 e. The lowest BCUT2D eigenvalue weighted by Crippen LogP contribution is -2.31. The summed E-state index contributed by atoms with van der Waals surface area (Å²) in [6, 6.07) is 13.8. The molecule has 0 fully saturated rings.